The highest BCUT2D eigenvalue weighted by molar-refractivity contribution is 6.34. The highest BCUT2D eigenvalue weighted by Gasteiger charge is 2.25. The fraction of sp³-hybridized carbons (Fsp3) is 0.103. The first-order valence-electron chi connectivity index (χ1n) is 12.2. The number of pyridine rings is 1. The van der Waals surface area contributed by atoms with Crippen molar-refractivity contribution in [1.29, 1.82) is 0 Å². The Morgan fingerprint density at radius 1 is 1.18 bits per heavy atom. The smallest absolute Gasteiger partial charge is 0.439 e. The van der Waals surface area contributed by atoms with Crippen molar-refractivity contribution in [1.82, 2.24) is 24.7 Å². The van der Waals surface area contributed by atoms with Gasteiger partial charge in [-0.15, -0.1) is 0 Å². The molecule has 0 saturated heterocycles. The van der Waals surface area contributed by atoms with Crippen LogP contribution < -0.4 is 10.5 Å². The highest BCUT2D eigenvalue weighted by atomic mass is 35.5. The van der Waals surface area contributed by atoms with Crippen LogP contribution in [0.3, 0.4) is 0 Å². The molecule has 3 aromatic heterocycles. The fourth-order valence-electron chi connectivity index (χ4n) is 5.03. The molecule has 0 fully saturated rings. The molecule has 1 aliphatic heterocycles. The third kappa shape index (κ3) is 3.90. The fourth-order valence-corrected chi connectivity index (χ4v) is 5.21. The maximum atomic E-state index is 14.2. The van der Waals surface area contributed by atoms with Gasteiger partial charge >= 0.3 is 5.76 Å². The van der Waals surface area contributed by atoms with Crippen molar-refractivity contribution in [3.8, 4) is 5.75 Å². The molecule has 0 atom stereocenters. The zero-order chi connectivity index (χ0) is 26.7. The van der Waals surface area contributed by atoms with Crippen LogP contribution in [0.25, 0.3) is 27.9 Å². The number of rotatable bonds is 4. The molecule has 0 bridgehead atoms. The molecule has 192 valence electrons. The third-order valence-electron chi connectivity index (χ3n) is 6.94. The molecular formula is C29H19ClFN5O3. The number of hydrogen-bond donors (Lipinski definition) is 1. The van der Waals surface area contributed by atoms with Gasteiger partial charge in [-0.25, -0.2) is 19.2 Å². The predicted molar refractivity (Wildman–Crippen MR) is 145 cm³/mol. The lowest BCUT2D eigenvalue weighted by Gasteiger charge is -2.15. The standard InChI is InChI=1S/C29H19ClFN5O3/c1-15(26-34-29(37)39-35-26)24-20-7-5-16(11-18(20)14-38-23-12-19(31)6-8-21(23)24)13-36-27(17-3-2-4-17)33-25-22(30)9-10-32-28(25)36/h2-12H,13-14H2,1H3,(H,34,35,37)/b24-15-. The van der Waals surface area contributed by atoms with E-state index < -0.39 is 11.6 Å². The van der Waals surface area contributed by atoms with Gasteiger partial charge in [0.25, 0.3) is 0 Å². The molecule has 1 aliphatic carbocycles. The zero-order valence-corrected chi connectivity index (χ0v) is 21.3. The first-order valence-corrected chi connectivity index (χ1v) is 12.6. The van der Waals surface area contributed by atoms with E-state index in [0.717, 1.165) is 33.7 Å². The van der Waals surface area contributed by atoms with Crippen LogP contribution in [0.5, 0.6) is 5.75 Å². The quantitative estimate of drug-likeness (QED) is 0.311. The number of nitrogens with one attached hydrogen (secondary N) is 1. The Morgan fingerprint density at radius 2 is 2.03 bits per heavy atom. The van der Waals surface area contributed by atoms with Gasteiger partial charge in [-0.2, -0.15) is 0 Å². The summed E-state index contributed by atoms with van der Waals surface area (Å²) in [4.78, 5) is 23.6. The van der Waals surface area contributed by atoms with E-state index in [1.165, 1.54) is 12.1 Å². The Bertz CT molecular complexity index is 1960. The maximum Gasteiger partial charge on any atom is 0.439 e. The van der Waals surface area contributed by atoms with Crippen LogP contribution >= 0.6 is 11.6 Å². The van der Waals surface area contributed by atoms with E-state index in [4.69, 9.17) is 25.8 Å². The first-order chi connectivity index (χ1) is 19.0. The average Bonchev–Trinajstić information content (AvgIpc) is 3.44. The van der Waals surface area contributed by atoms with Gasteiger partial charge in [0.1, 0.15) is 29.5 Å². The SMILES string of the molecule is C/C(=C1\c2ccc(Cn3c(C4=CC=C4)nc4c(Cl)ccnc43)cc2COc2cc(F)ccc21)c1noc(=O)[nH]1. The van der Waals surface area contributed by atoms with Crippen molar-refractivity contribution < 1.29 is 13.7 Å². The first kappa shape index (κ1) is 23.4. The zero-order valence-electron chi connectivity index (χ0n) is 20.5. The van der Waals surface area contributed by atoms with Gasteiger partial charge < -0.3 is 9.30 Å². The van der Waals surface area contributed by atoms with Crippen LogP contribution in [0.2, 0.25) is 5.02 Å². The number of benzene rings is 2. The average molecular weight is 540 g/mol. The summed E-state index contributed by atoms with van der Waals surface area (Å²) in [6, 6.07) is 12.2. The summed E-state index contributed by atoms with van der Waals surface area (Å²) < 4.78 is 27.1. The highest BCUT2D eigenvalue weighted by Crippen LogP contribution is 2.41. The summed E-state index contributed by atoms with van der Waals surface area (Å²) in [6.45, 7) is 2.55. The maximum absolute atomic E-state index is 14.2. The minimum absolute atomic E-state index is 0.223. The summed E-state index contributed by atoms with van der Waals surface area (Å²) in [6.07, 6.45) is 7.64. The van der Waals surface area contributed by atoms with Crippen LogP contribution in [0.1, 0.15) is 40.8 Å². The number of ether oxygens (including phenoxy) is 1. The summed E-state index contributed by atoms with van der Waals surface area (Å²) in [5.74, 6) is 0.420. The van der Waals surface area contributed by atoms with Crippen molar-refractivity contribution in [2.24, 2.45) is 0 Å². The monoisotopic (exact) mass is 539 g/mol. The van der Waals surface area contributed by atoms with Gasteiger partial charge in [-0.3, -0.25) is 9.51 Å². The molecular weight excluding hydrogens is 521 g/mol. The van der Waals surface area contributed by atoms with Gasteiger partial charge in [-0.1, -0.05) is 47.1 Å². The van der Waals surface area contributed by atoms with Crippen LogP contribution in [0.4, 0.5) is 4.39 Å². The topological polar surface area (TPSA) is 98.8 Å². The summed E-state index contributed by atoms with van der Waals surface area (Å²) in [7, 11) is 0. The van der Waals surface area contributed by atoms with E-state index in [-0.39, 0.29) is 6.61 Å². The largest absolute Gasteiger partial charge is 0.488 e. The minimum Gasteiger partial charge on any atom is -0.488 e. The molecule has 8 nitrogen and oxygen atoms in total. The van der Waals surface area contributed by atoms with Crippen molar-refractivity contribution >= 4 is 39.5 Å². The molecule has 0 amide bonds. The Morgan fingerprint density at radius 3 is 2.79 bits per heavy atom. The Hall–Kier alpha value is -4.76. The molecule has 7 rings (SSSR count). The molecule has 5 aromatic rings. The number of aromatic amines is 1. The third-order valence-corrected chi connectivity index (χ3v) is 7.25. The molecule has 0 saturated carbocycles. The Kier molecular flexibility index (Phi) is 5.34. The summed E-state index contributed by atoms with van der Waals surface area (Å²) >= 11 is 6.44. The molecule has 10 heteroatoms. The second-order valence-electron chi connectivity index (χ2n) is 9.33. The van der Waals surface area contributed by atoms with Crippen LogP contribution in [0, 0.1) is 5.82 Å². The normalized spacial score (nSPS) is 15.2. The number of aromatic nitrogens is 5. The Labute approximate surface area is 225 Å². The molecule has 2 aliphatic rings. The Balaban J connectivity index is 1.37. The lowest BCUT2D eigenvalue weighted by Crippen LogP contribution is -2.07. The number of hydrogen-bond acceptors (Lipinski definition) is 6. The van der Waals surface area contributed by atoms with E-state index in [9.17, 15) is 9.18 Å². The second-order valence-corrected chi connectivity index (χ2v) is 9.74. The van der Waals surface area contributed by atoms with Crippen LogP contribution in [-0.4, -0.2) is 24.7 Å². The van der Waals surface area contributed by atoms with Crippen molar-refractivity contribution in [2.75, 3.05) is 0 Å². The van der Waals surface area contributed by atoms with E-state index >= 15 is 0 Å². The number of allylic oxidation sites excluding steroid dienone is 5. The van der Waals surface area contributed by atoms with Gasteiger partial charge in [-0.05, 0) is 53.5 Å². The van der Waals surface area contributed by atoms with Crippen molar-refractivity contribution in [3.63, 3.8) is 0 Å². The van der Waals surface area contributed by atoms with Crippen molar-refractivity contribution in [2.45, 2.75) is 20.1 Å². The molecule has 0 radical (unpaired) electrons. The second kappa shape index (κ2) is 8.92. The summed E-state index contributed by atoms with van der Waals surface area (Å²) in [5, 5.41) is 4.42. The van der Waals surface area contributed by atoms with Crippen LogP contribution in [0.15, 0.2) is 76.2 Å². The van der Waals surface area contributed by atoms with Crippen LogP contribution in [-0.2, 0) is 13.2 Å². The van der Waals surface area contributed by atoms with E-state index in [2.05, 4.69) is 21.2 Å². The lowest BCUT2D eigenvalue weighted by atomic mass is 9.89. The molecule has 0 unspecified atom stereocenters. The molecule has 2 aromatic carbocycles. The van der Waals surface area contributed by atoms with E-state index in [1.54, 1.807) is 18.3 Å². The van der Waals surface area contributed by atoms with Gasteiger partial charge in [0.05, 0.1) is 11.6 Å². The van der Waals surface area contributed by atoms with Gasteiger partial charge in [0.2, 0.25) is 0 Å². The van der Waals surface area contributed by atoms with Crippen molar-refractivity contribution in [3.05, 3.63) is 122 Å². The molecule has 0 spiro atoms. The molecule has 39 heavy (non-hydrogen) atoms. The number of H-pyrrole nitrogens is 1. The van der Waals surface area contributed by atoms with Gasteiger partial charge in [0.15, 0.2) is 11.5 Å². The number of nitrogens with zero attached hydrogens (tertiary/aromatic N) is 4. The predicted octanol–water partition coefficient (Wildman–Crippen LogP) is 5.77. The lowest BCUT2D eigenvalue weighted by molar-refractivity contribution is 0.305. The van der Waals surface area contributed by atoms with E-state index in [0.29, 0.717) is 45.4 Å². The number of imidazole rings is 1. The van der Waals surface area contributed by atoms with E-state index in [1.807, 2.05) is 41.9 Å². The minimum atomic E-state index is -0.654. The van der Waals surface area contributed by atoms with Gasteiger partial charge in [0, 0.05) is 29.0 Å². The molecule has 1 N–H and O–H groups in total. The molecule has 4 heterocycles. The number of fused-ring (bicyclic) bond motifs is 3. The number of halogens is 2. The summed E-state index contributed by atoms with van der Waals surface area (Å²) in [5.41, 5.74) is 7.23.